The Morgan fingerprint density at radius 1 is 1.45 bits per heavy atom. The molecular weight excluding hydrogens is 273 g/mol. The van der Waals surface area contributed by atoms with E-state index in [0.29, 0.717) is 6.54 Å². The Labute approximate surface area is 123 Å². The Kier molecular flexibility index (Phi) is 5.49. The van der Waals surface area contributed by atoms with Gasteiger partial charge < -0.3 is 10.2 Å². The third-order valence-corrected chi connectivity index (χ3v) is 3.85. The van der Waals surface area contributed by atoms with Crippen molar-refractivity contribution in [2.45, 2.75) is 26.4 Å². The molecule has 0 saturated heterocycles. The average molecular weight is 293 g/mol. The number of nitrogens with one attached hydrogen (secondary N) is 1. The molecule has 0 aliphatic heterocycles. The normalized spacial score (nSPS) is 10.8. The van der Waals surface area contributed by atoms with E-state index >= 15 is 0 Å². The van der Waals surface area contributed by atoms with Crippen molar-refractivity contribution in [3.05, 3.63) is 46.0 Å². The van der Waals surface area contributed by atoms with Crippen LogP contribution in [0, 0.1) is 5.82 Å². The molecule has 0 radical (unpaired) electrons. The fourth-order valence-corrected chi connectivity index (χ4v) is 2.82. The number of halogens is 1. The second-order valence-electron chi connectivity index (χ2n) is 4.75. The molecule has 0 atom stereocenters. The van der Waals surface area contributed by atoms with E-state index in [0.717, 1.165) is 30.9 Å². The molecule has 3 nitrogen and oxygen atoms in total. The number of hydrogen-bond acceptors (Lipinski definition) is 4. The molecule has 0 bridgehead atoms. The van der Waals surface area contributed by atoms with Crippen LogP contribution >= 0.6 is 11.3 Å². The molecule has 0 aromatic carbocycles. The number of nitrogens with zero attached hydrogens (tertiary/aromatic N) is 2. The lowest BCUT2D eigenvalue weighted by Crippen LogP contribution is -2.22. The molecule has 2 rings (SSSR count). The molecule has 5 heteroatoms. The Morgan fingerprint density at radius 2 is 2.30 bits per heavy atom. The lowest BCUT2D eigenvalue weighted by atomic mass is 10.2. The monoisotopic (exact) mass is 293 g/mol. The number of thiophene rings is 1. The van der Waals surface area contributed by atoms with Crippen LogP contribution in [0.5, 0.6) is 0 Å². The van der Waals surface area contributed by atoms with Crippen LogP contribution < -0.4 is 10.2 Å². The molecule has 108 valence electrons. The van der Waals surface area contributed by atoms with Gasteiger partial charge in [-0.25, -0.2) is 9.37 Å². The van der Waals surface area contributed by atoms with Gasteiger partial charge in [-0.3, -0.25) is 0 Å². The van der Waals surface area contributed by atoms with E-state index in [-0.39, 0.29) is 5.82 Å². The van der Waals surface area contributed by atoms with Crippen LogP contribution in [-0.4, -0.2) is 18.6 Å². The van der Waals surface area contributed by atoms with E-state index in [1.54, 1.807) is 17.4 Å². The molecule has 1 N–H and O–H groups in total. The minimum absolute atomic E-state index is 0.286. The number of anilines is 1. The van der Waals surface area contributed by atoms with E-state index in [2.05, 4.69) is 33.6 Å². The number of pyridine rings is 1. The molecule has 0 saturated carbocycles. The van der Waals surface area contributed by atoms with Gasteiger partial charge in [-0.2, -0.15) is 0 Å². The maximum absolute atomic E-state index is 13.4. The summed E-state index contributed by atoms with van der Waals surface area (Å²) >= 11 is 1.72. The van der Waals surface area contributed by atoms with Crippen molar-refractivity contribution in [1.82, 2.24) is 10.3 Å². The van der Waals surface area contributed by atoms with Gasteiger partial charge in [0.25, 0.3) is 0 Å². The first-order valence-electron chi connectivity index (χ1n) is 6.79. The van der Waals surface area contributed by atoms with Crippen LogP contribution in [-0.2, 0) is 13.1 Å². The highest BCUT2D eigenvalue weighted by molar-refractivity contribution is 7.09. The predicted molar refractivity (Wildman–Crippen MR) is 82.6 cm³/mol. The lowest BCUT2D eigenvalue weighted by Gasteiger charge is -2.20. The first kappa shape index (κ1) is 14.9. The van der Waals surface area contributed by atoms with Gasteiger partial charge in [-0.1, -0.05) is 13.0 Å². The van der Waals surface area contributed by atoms with Crippen molar-refractivity contribution in [3.63, 3.8) is 0 Å². The summed E-state index contributed by atoms with van der Waals surface area (Å²) in [4.78, 5) is 7.59. The van der Waals surface area contributed by atoms with Gasteiger partial charge in [0.15, 0.2) is 0 Å². The largest absolute Gasteiger partial charge is 0.354 e. The van der Waals surface area contributed by atoms with Gasteiger partial charge in [-0.15, -0.1) is 11.3 Å². The van der Waals surface area contributed by atoms with Crippen LogP contribution in [0.2, 0.25) is 0 Å². The minimum atomic E-state index is -0.286. The summed E-state index contributed by atoms with van der Waals surface area (Å²) in [6.45, 7) is 4.46. The number of hydrogen-bond donors (Lipinski definition) is 1. The van der Waals surface area contributed by atoms with E-state index in [1.807, 2.05) is 13.1 Å². The van der Waals surface area contributed by atoms with Gasteiger partial charge in [-0.05, 0) is 30.5 Å². The molecule has 0 aliphatic rings. The van der Waals surface area contributed by atoms with E-state index in [9.17, 15) is 4.39 Å². The Balaban J connectivity index is 2.12. The number of aromatic nitrogens is 1. The van der Waals surface area contributed by atoms with E-state index < -0.39 is 0 Å². The van der Waals surface area contributed by atoms with Gasteiger partial charge in [0, 0.05) is 24.0 Å². The fraction of sp³-hybridized carbons (Fsp3) is 0.400. The third kappa shape index (κ3) is 4.02. The summed E-state index contributed by atoms with van der Waals surface area (Å²) in [5.74, 6) is 0.551. The quantitative estimate of drug-likeness (QED) is 0.793. The van der Waals surface area contributed by atoms with Crippen LogP contribution in [0.15, 0.2) is 29.8 Å². The summed E-state index contributed by atoms with van der Waals surface area (Å²) in [5.41, 5.74) is 0.900. The highest BCUT2D eigenvalue weighted by atomic mass is 32.1. The highest BCUT2D eigenvalue weighted by Crippen LogP contribution is 2.21. The van der Waals surface area contributed by atoms with Crippen LogP contribution in [0.25, 0.3) is 0 Å². The summed E-state index contributed by atoms with van der Waals surface area (Å²) in [5, 5.41) is 5.36. The second kappa shape index (κ2) is 7.36. The molecule has 2 aromatic heterocycles. The Bertz CT molecular complexity index is 528. The van der Waals surface area contributed by atoms with E-state index in [1.165, 1.54) is 11.1 Å². The molecule has 0 aliphatic carbocycles. The molecule has 2 heterocycles. The topological polar surface area (TPSA) is 28.2 Å². The molecular formula is C15H20FN3S. The van der Waals surface area contributed by atoms with Crippen LogP contribution in [0.4, 0.5) is 10.2 Å². The molecule has 0 amide bonds. The molecule has 20 heavy (non-hydrogen) atoms. The van der Waals surface area contributed by atoms with Crippen LogP contribution in [0.1, 0.15) is 23.8 Å². The van der Waals surface area contributed by atoms with Gasteiger partial charge in [0.05, 0.1) is 12.7 Å². The SMILES string of the molecule is CCCNCc1cc(F)cnc1N(C)Cc1cccs1. The zero-order valence-electron chi connectivity index (χ0n) is 11.9. The van der Waals surface area contributed by atoms with E-state index in [4.69, 9.17) is 0 Å². The van der Waals surface area contributed by atoms with Crippen molar-refractivity contribution >= 4 is 17.2 Å². The summed E-state index contributed by atoms with van der Waals surface area (Å²) < 4.78 is 13.4. The average Bonchev–Trinajstić information content (AvgIpc) is 2.92. The zero-order chi connectivity index (χ0) is 14.4. The number of rotatable bonds is 7. The Morgan fingerprint density at radius 3 is 3.00 bits per heavy atom. The highest BCUT2D eigenvalue weighted by Gasteiger charge is 2.11. The van der Waals surface area contributed by atoms with Crippen molar-refractivity contribution < 1.29 is 4.39 Å². The first-order chi connectivity index (χ1) is 9.70. The summed E-state index contributed by atoms with van der Waals surface area (Å²) in [6.07, 6.45) is 2.34. The first-order valence-corrected chi connectivity index (χ1v) is 7.67. The Hall–Kier alpha value is -1.46. The molecule has 0 fully saturated rings. The molecule has 0 unspecified atom stereocenters. The van der Waals surface area contributed by atoms with Gasteiger partial charge in [0.1, 0.15) is 11.6 Å². The standard InChI is InChI=1S/C15H20FN3S/c1-3-6-17-9-12-8-13(16)10-18-15(12)19(2)11-14-5-4-7-20-14/h4-5,7-8,10,17H,3,6,9,11H2,1-2H3. The van der Waals surface area contributed by atoms with Crippen molar-refractivity contribution in [2.24, 2.45) is 0 Å². The van der Waals surface area contributed by atoms with Crippen molar-refractivity contribution in [2.75, 3.05) is 18.5 Å². The van der Waals surface area contributed by atoms with Crippen molar-refractivity contribution in [3.8, 4) is 0 Å². The fourth-order valence-electron chi connectivity index (χ4n) is 2.06. The summed E-state index contributed by atoms with van der Waals surface area (Å²) in [7, 11) is 1.99. The van der Waals surface area contributed by atoms with Crippen molar-refractivity contribution in [1.29, 1.82) is 0 Å². The molecule has 0 spiro atoms. The summed E-state index contributed by atoms with van der Waals surface area (Å²) in [6, 6.07) is 5.70. The zero-order valence-corrected chi connectivity index (χ0v) is 12.7. The van der Waals surface area contributed by atoms with Crippen LogP contribution in [0.3, 0.4) is 0 Å². The third-order valence-electron chi connectivity index (χ3n) is 2.99. The smallest absolute Gasteiger partial charge is 0.141 e. The molecule has 2 aromatic rings. The lowest BCUT2D eigenvalue weighted by molar-refractivity contribution is 0.610. The van der Waals surface area contributed by atoms with Gasteiger partial charge in [0.2, 0.25) is 0 Å². The maximum atomic E-state index is 13.4. The maximum Gasteiger partial charge on any atom is 0.141 e. The minimum Gasteiger partial charge on any atom is -0.354 e. The van der Waals surface area contributed by atoms with Gasteiger partial charge >= 0.3 is 0 Å². The second-order valence-corrected chi connectivity index (χ2v) is 5.78. The predicted octanol–water partition coefficient (Wildman–Crippen LogP) is 3.42.